The number of nitrogens with zero attached hydrogens (tertiary/aromatic N) is 3. The molecule has 0 aromatic carbocycles. The number of aryl methyl sites for hydroxylation is 1. The summed E-state index contributed by atoms with van der Waals surface area (Å²) in [6, 6.07) is 2.23. The highest BCUT2D eigenvalue weighted by Gasteiger charge is 2.34. The number of pyridine rings is 1. The average Bonchev–Trinajstić information content (AvgIpc) is 3.10. The summed E-state index contributed by atoms with van der Waals surface area (Å²) in [5, 5.41) is 8.58. The fourth-order valence-corrected chi connectivity index (χ4v) is 3.95. The van der Waals surface area contributed by atoms with Crippen molar-refractivity contribution in [3.63, 3.8) is 0 Å². The van der Waals surface area contributed by atoms with Crippen molar-refractivity contribution in [1.29, 1.82) is 0 Å². The van der Waals surface area contributed by atoms with Crippen molar-refractivity contribution < 1.29 is 18.0 Å². The first kappa shape index (κ1) is 21.5. The Morgan fingerprint density at radius 3 is 2.72 bits per heavy atom. The van der Waals surface area contributed by atoms with Gasteiger partial charge in [-0.3, -0.25) is 9.69 Å². The quantitative estimate of drug-likeness (QED) is 0.664. The number of alkyl halides is 3. The molecule has 1 amide bonds. The molecule has 1 aliphatic heterocycles. The number of likely N-dealkylation sites (tertiary alicyclic amines) is 1. The predicted octanol–water partition coefficient (Wildman–Crippen LogP) is 3.31. The smallest absolute Gasteiger partial charge is 0.368 e. The van der Waals surface area contributed by atoms with Crippen LogP contribution < -0.4 is 10.6 Å². The SMILES string of the molecule is Cc1nc(CN2CCC(C(=O)NCCNc3ncccc3C(F)(F)F)CC2)cs1. The zero-order valence-corrected chi connectivity index (χ0v) is 16.9. The number of aromatic nitrogens is 2. The number of rotatable bonds is 7. The first-order valence-electron chi connectivity index (χ1n) is 9.50. The number of carbonyl (C=O) groups is 1. The van der Waals surface area contributed by atoms with E-state index in [1.807, 2.05) is 6.92 Å². The molecule has 6 nitrogen and oxygen atoms in total. The summed E-state index contributed by atoms with van der Waals surface area (Å²) in [5.41, 5.74) is 0.253. The van der Waals surface area contributed by atoms with Gasteiger partial charge in [-0.2, -0.15) is 13.2 Å². The van der Waals surface area contributed by atoms with Gasteiger partial charge in [0.2, 0.25) is 5.91 Å². The monoisotopic (exact) mass is 427 g/mol. The van der Waals surface area contributed by atoms with Crippen molar-refractivity contribution in [1.82, 2.24) is 20.2 Å². The summed E-state index contributed by atoms with van der Waals surface area (Å²) in [4.78, 5) is 22.8. The fraction of sp³-hybridized carbons (Fsp3) is 0.526. The second kappa shape index (κ2) is 9.53. The van der Waals surface area contributed by atoms with E-state index in [2.05, 4.69) is 30.9 Å². The molecule has 29 heavy (non-hydrogen) atoms. The van der Waals surface area contributed by atoms with Crippen LogP contribution in [0, 0.1) is 12.8 Å². The molecular formula is C19H24F3N5OS. The number of hydrogen-bond donors (Lipinski definition) is 2. The number of hydrogen-bond acceptors (Lipinski definition) is 6. The summed E-state index contributed by atoms with van der Waals surface area (Å²) in [6.45, 7) is 4.86. The Hall–Kier alpha value is -2.20. The third-order valence-electron chi connectivity index (χ3n) is 4.84. The van der Waals surface area contributed by atoms with Crippen LogP contribution in [0.5, 0.6) is 0 Å². The van der Waals surface area contributed by atoms with Crippen LogP contribution in [0.1, 0.15) is 29.1 Å². The minimum atomic E-state index is -4.47. The number of thiazole rings is 1. The molecule has 2 N–H and O–H groups in total. The van der Waals surface area contributed by atoms with Gasteiger partial charge in [-0.25, -0.2) is 9.97 Å². The van der Waals surface area contributed by atoms with Gasteiger partial charge in [0.25, 0.3) is 0 Å². The van der Waals surface area contributed by atoms with E-state index >= 15 is 0 Å². The molecule has 3 rings (SSSR count). The first-order chi connectivity index (χ1) is 13.8. The first-order valence-corrected chi connectivity index (χ1v) is 10.4. The van der Waals surface area contributed by atoms with E-state index in [4.69, 9.17) is 0 Å². The zero-order chi connectivity index (χ0) is 20.9. The number of halogens is 3. The molecule has 0 aliphatic carbocycles. The summed E-state index contributed by atoms with van der Waals surface area (Å²) in [7, 11) is 0. The molecule has 0 spiro atoms. The van der Waals surface area contributed by atoms with Crippen LogP contribution in [0.4, 0.5) is 19.0 Å². The zero-order valence-electron chi connectivity index (χ0n) is 16.1. The van der Waals surface area contributed by atoms with Gasteiger partial charge in [-0.05, 0) is 45.0 Å². The lowest BCUT2D eigenvalue weighted by atomic mass is 9.96. The summed E-state index contributed by atoms with van der Waals surface area (Å²) >= 11 is 1.64. The number of carbonyl (C=O) groups excluding carboxylic acids is 1. The van der Waals surface area contributed by atoms with Crippen LogP contribution >= 0.6 is 11.3 Å². The van der Waals surface area contributed by atoms with Crippen molar-refractivity contribution in [3.8, 4) is 0 Å². The van der Waals surface area contributed by atoms with Gasteiger partial charge in [0.15, 0.2) is 0 Å². The van der Waals surface area contributed by atoms with E-state index in [0.717, 1.165) is 49.2 Å². The van der Waals surface area contributed by atoms with Crippen molar-refractivity contribution in [2.45, 2.75) is 32.5 Å². The highest BCUT2D eigenvalue weighted by atomic mass is 32.1. The van der Waals surface area contributed by atoms with Crippen LogP contribution in [-0.4, -0.2) is 47.0 Å². The molecule has 2 aromatic rings. The Kier molecular flexibility index (Phi) is 7.07. The molecular weight excluding hydrogens is 403 g/mol. The summed E-state index contributed by atoms with van der Waals surface area (Å²) in [5.74, 6) is -0.336. The van der Waals surface area contributed by atoms with Crippen LogP contribution in [-0.2, 0) is 17.5 Å². The van der Waals surface area contributed by atoms with E-state index in [-0.39, 0.29) is 30.7 Å². The van der Waals surface area contributed by atoms with Gasteiger partial charge in [0.05, 0.1) is 16.3 Å². The van der Waals surface area contributed by atoms with Crippen molar-refractivity contribution >= 4 is 23.1 Å². The lowest BCUT2D eigenvalue weighted by molar-refractivity contribution is -0.137. The minimum Gasteiger partial charge on any atom is -0.368 e. The summed E-state index contributed by atoms with van der Waals surface area (Å²) in [6.07, 6.45) is -1.64. The maximum atomic E-state index is 12.9. The van der Waals surface area contributed by atoms with Gasteiger partial charge < -0.3 is 10.6 Å². The maximum absolute atomic E-state index is 12.9. The van der Waals surface area contributed by atoms with E-state index in [1.54, 1.807) is 11.3 Å². The Morgan fingerprint density at radius 2 is 2.07 bits per heavy atom. The highest BCUT2D eigenvalue weighted by Crippen LogP contribution is 2.33. The minimum absolute atomic E-state index is 0.0481. The molecule has 2 aromatic heterocycles. The third-order valence-corrected chi connectivity index (χ3v) is 5.66. The Labute approximate surface area is 171 Å². The van der Waals surface area contributed by atoms with Crippen LogP contribution in [0.25, 0.3) is 0 Å². The Morgan fingerprint density at radius 1 is 1.31 bits per heavy atom. The molecule has 1 aliphatic rings. The van der Waals surface area contributed by atoms with Gasteiger partial charge in [0, 0.05) is 37.1 Å². The highest BCUT2D eigenvalue weighted by molar-refractivity contribution is 7.09. The third kappa shape index (κ3) is 6.14. The number of piperidine rings is 1. The van der Waals surface area contributed by atoms with E-state index in [0.29, 0.717) is 0 Å². The normalized spacial score (nSPS) is 16.0. The van der Waals surface area contributed by atoms with Crippen molar-refractivity contribution in [3.05, 3.63) is 40.0 Å². The number of amides is 1. The Balaban J connectivity index is 1.38. The van der Waals surface area contributed by atoms with Gasteiger partial charge >= 0.3 is 6.18 Å². The van der Waals surface area contributed by atoms with Crippen molar-refractivity contribution in [2.24, 2.45) is 5.92 Å². The Bertz CT molecular complexity index is 818. The molecule has 158 valence electrons. The molecule has 1 saturated heterocycles. The van der Waals surface area contributed by atoms with E-state index in [9.17, 15) is 18.0 Å². The number of nitrogens with one attached hydrogen (secondary N) is 2. The molecule has 1 fully saturated rings. The topological polar surface area (TPSA) is 70.2 Å². The largest absolute Gasteiger partial charge is 0.419 e. The van der Waals surface area contributed by atoms with Gasteiger partial charge in [0.1, 0.15) is 5.82 Å². The molecule has 3 heterocycles. The molecule has 0 unspecified atom stereocenters. The lowest BCUT2D eigenvalue weighted by Crippen LogP contribution is -2.41. The maximum Gasteiger partial charge on any atom is 0.419 e. The molecule has 0 bridgehead atoms. The molecule has 10 heteroatoms. The fourth-order valence-electron chi connectivity index (χ4n) is 3.35. The lowest BCUT2D eigenvalue weighted by Gasteiger charge is -2.30. The molecule has 0 radical (unpaired) electrons. The van der Waals surface area contributed by atoms with Gasteiger partial charge in [-0.15, -0.1) is 11.3 Å². The summed E-state index contributed by atoms with van der Waals surface area (Å²) < 4.78 is 38.8. The average molecular weight is 427 g/mol. The van der Waals surface area contributed by atoms with Crippen molar-refractivity contribution in [2.75, 3.05) is 31.5 Å². The predicted molar refractivity (Wildman–Crippen MR) is 106 cm³/mol. The van der Waals surface area contributed by atoms with E-state index in [1.165, 1.54) is 12.3 Å². The molecule has 0 atom stereocenters. The second-order valence-electron chi connectivity index (χ2n) is 7.02. The van der Waals surface area contributed by atoms with Crippen LogP contribution in [0.3, 0.4) is 0 Å². The van der Waals surface area contributed by atoms with Gasteiger partial charge in [-0.1, -0.05) is 0 Å². The molecule has 0 saturated carbocycles. The standard InChI is InChI=1S/C19H24F3N5OS/c1-13-26-15(12-29-13)11-27-9-4-14(5-10-27)18(28)25-8-7-24-17-16(19(20,21)22)3-2-6-23-17/h2-3,6,12,14H,4-5,7-11H2,1H3,(H,23,24)(H,25,28). The number of anilines is 1. The second-order valence-corrected chi connectivity index (χ2v) is 8.09. The van der Waals surface area contributed by atoms with Crippen LogP contribution in [0.2, 0.25) is 0 Å². The van der Waals surface area contributed by atoms with Crippen LogP contribution in [0.15, 0.2) is 23.7 Å². The van der Waals surface area contributed by atoms with E-state index < -0.39 is 11.7 Å².